The van der Waals surface area contributed by atoms with Gasteiger partial charge in [0.1, 0.15) is 0 Å². The summed E-state index contributed by atoms with van der Waals surface area (Å²) in [4.78, 5) is 4.57. The molecule has 1 aromatic rings. The third-order valence-electron chi connectivity index (χ3n) is 3.20. The van der Waals surface area contributed by atoms with Crippen molar-refractivity contribution in [3.05, 3.63) is 29.3 Å². The van der Waals surface area contributed by atoms with Gasteiger partial charge in [-0.1, -0.05) is 12.1 Å². The molecular weight excluding hydrogens is 222 g/mol. The van der Waals surface area contributed by atoms with Gasteiger partial charge in [-0.3, -0.25) is 0 Å². The maximum atomic E-state index is 5.59. The van der Waals surface area contributed by atoms with Crippen LogP contribution in [0.4, 0.5) is 5.69 Å². The standard InChI is InChI=1S/C15H27N3/c1-13-12-14(8-9-16)6-7-15(13)18(4)11-5-10-17(2)3/h6-7,12H,5,8-11,16H2,1-4H3. The fourth-order valence-corrected chi connectivity index (χ4v) is 2.21. The van der Waals surface area contributed by atoms with Crippen molar-refractivity contribution in [2.75, 3.05) is 45.7 Å². The molecule has 18 heavy (non-hydrogen) atoms. The number of nitrogens with two attached hydrogens (primary N) is 1. The molecule has 2 N–H and O–H groups in total. The fourth-order valence-electron chi connectivity index (χ4n) is 2.21. The maximum absolute atomic E-state index is 5.59. The average Bonchev–Trinajstić information content (AvgIpc) is 2.28. The van der Waals surface area contributed by atoms with Crippen LogP contribution < -0.4 is 10.6 Å². The molecule has 102 valence electrons. The van der Waals surface area contributed by atoms with Crippen LogP contribution in [0.3, 0.4) is 0 Å². The Morgan fingerprint density at radius 2 is 1.83 bits per heavy atom. The molecule has 0 spiro atoms. The fraction of sp³-hybridized carbons (Fsp3) is 0.600. The van der Waals surface area contributed by atoms with Gasteiger partial charge in [-0.25, -0.2) is 0 Å². The number of aryl methyl sites for hydroxylation is 1. The van der Waals surface area contributed by atoms with Crippen molar-refractivity contribution in [2.45, 2.75) is 19.8 Å². The average molecular weight is 249 g/mol. The second kappa shape index (κ2) is 7.39. The zero-order valence-corrected chi connectivity index (χ0v) is 12.2. The van der Waals surface area contributed by atoms with E-state index < -0.39 is 0 Å². The van der Waals surface area contributed by atoms with Crippen LogP contribution in [-0.2, 0) is 6.42 Å². The van der Waals surface area contributed by atoms with E-state index >= 15 is 0 Å². The Morgan fingerprint density at radius 3 is 2.39 bits per heavy atom. The smallest absolute Gasteiger partial charge is 0.0393 e. The molecule has 0 fully saturated rings. The summed E-state index contributed by atoms with van der Waals surface area (Å²) >= 11 is 0. The third-order valence-corrected chi connectivity index (χ3v) is 3.20. The van der Waals surface area contributed by atoms with E-state index in [1.165, 1.54) is 23.2 Å². The van der Waals surface area contributed by atoms with Gasteiger partial charge >= 0.3 is 0 Å². The topological polar surface area (TPSA) is 32.5 Å². The summed E-state index contributed by atoms with van der Waals surface area (Å²) in [5.74, 6) is 0. The summed E-state index contributed by atoms with van der Waals surface area (Å²) in [6.45, 7) is 5.12. The van der Waals surface area contributed by atoms with Crippen molar-refractivity contribution in [1.29, 1.82) is 0 Å². The van der Waals surface area contributed by atoms with Crippen molar-refractivity contribution in [1.82, 2.24) is 4.90 Å². The van der Waals surface area contributed by atoms with Crippen LogP contribution in [0.5, 0.6) is 0 Å². The molecule has 0 atom stereocenters. The van der Waals surface area contributed by atoms with Gasteiger partial charge in [0.15, 0.2) is 0 Å². The molecule has 0 amide bonds. The lowest BCUT2D eigenvalue weighted by atomic mass is 10.1. The predicted octanol–water partition coefficient (Wildman–Crippen LogP) is 1.88. The Bertz CT molecular complexity index is 361. The predicted molar refractivity (Wildman–Crippen MR) is 80.4 cm³/mol. The van der Waals surface area contributed by atoms with E-state index in [1.807, 2.05) is 0 Å². The summed E-state index contributed by atoms with van der Waals surface area (Å²) in [6, 6.07) is 6.66. The SMILES string of the molecule is Cc1cc(CCN)ccc1N(C)CCCN(C)C. The van der Waals surface area contributed by atoms with E-state index in [0.29, 0.717) is 0 Å². The van der Waals surface area contributed by atoms with Crippen molar-refractivity contribution < 1.29 is 0 Å². The molecule has 0 heterocycles. The Balaban J connectivity index is 2.59. The Morgan fingerprint density at radius 1 is 1.11 bits per heavy atom. The largest absolute Gasteiger partial charge is 0.374 e. The van der Waals surface area contributed by atoms with Crippen LogP contribution in [-0.4, -0.2) is 45.7 Å². The molecule has 0 saturated carbocycles. The van der Waals surface area contributed by atoms with Gasteiger partial charge in [0.05, 0.1) is 0 Å². The van der Waals surface area contributed by atoms with E-state index in [4.69, 9.17) is 5.73 Å². The summed E-state index contributed by atoms with van der Waals surface area (Å²) in [7, 11) is 6.40. The molecule has 1 rings (SSSR count). The molecule has 0 aliphatic heterocycles. The van der Waals surface area contributed by atoms with Gasteiger partial charge in [-0.15, -0.1) is 0 Å². The van der Waals surface area contributed by atoms with E-state index in [-0.39, 0.29) is 0 Å². The summed E-state index contributed by atoms with van der Waals surface area (Å²) < 4.78 is 0. The summed E-state index contributed by atoms with van der Waals surface area (Å²) in [5.41, 5.74) is 9.59. The zero-order valence-electron chi connectivity index (χ0n) is 12.2. The minimum absolute atomic E-state index is 0.720. The van der Waals surface area contributed by atoms with Crippen LogP contribution in [0.2, 0.25) is 0 Å². The van der Waals surface area contributed by atoms with Crippen LogP contribution >= 0.6 is 0 Å². The van der Waals surface area contributed by atoms with Crippen LogP contribution in [0, 0.1) is 6.92 Å². The first-order valence-electron chi connectivity index (χ1n) is 6.70. The highest BCUT2D eigenvalue weighted by Gasteiger charge is 2.05. The normalized spacial score (nSPS) is 11.0. The molecule has 0 aliphatic carbocycles. The monoisotopic (exact) mass is 249 g/mol. The first-order valence-corrected chi connectivity index (χ1v) is 6.70. The summed E-state index contributed by atoms with van der Waals surface area (Å²) in [6.07, 6.45) is 2.15. The van der Waals surface area contributed by atoms with Crippen molar-refractivity contribution >= 4 is 5.69 Å². The zero-order chi connectivity index (χ0) is 13.5. The first kappa shape index (κ1) is 15.0. The molecule has 0 aliphatic rings. The molecule has 0 bridgehead atoms. The van der Waals surface area contributed by atoms with E-state index in [0.717, 1.165) is 26.1 Å². The van der Waals surface area contributed by atoms with Gasteiger partial charge in [0.2, 0.25) is 0 Å². The highest BCUT2D eigenvalue weighted by Crippen LogP contribution is 2.20. The Hall–Kier alpha value is -1.06. The lowest BCUT2D eigenvalue weighted by Gasteiger charge is -2.23. The number of hydrogen-bond acceptors (Lipinski definition) is 3. The van der Waals surface area contributed by atoms with Crippen LogP contribution in [0.15, 0.2) is 18.2 Å². The van der Waals surface area contributed by atoms with Gasteiger partial charge in [0.25, 0.3) is 0 Å². The van der Waals surface area contributed by atoms with Crippen molar-refractivity contribution in [3.63, 3.8) is 0 Å². The van der Waals surface area contributed by atoms with E-state index in [1.54, 1.807) is 0 Å². The van der Waals surface area contributed by atoms with Gasteiger partial charge in [0, 0.05) is 19.3 Å². The van der Waals surface area contributed by atoms with Crippen molar-refractivity contribution in [2.24, 2.45) is 5.73 Å². The molecule has 1 aromatic carbocycles. The van der Waals surface area contributed by atoms with Crippen LogP contribution in [0.25, 0.3) is 0 Å². The number of benzene rings is 1. The highest BCUT2D eigenvalue weighted by molar-refractivity contribution is 5.53. The molecule has 0 saturated heterocycles. The molecule has 3 nitrogen and oxygen atoms in total. The summed E-state index contributed by atoms with van der Waals surface area (Å²) in [5, 5.41) is 0. The maximum Gasteiger partial charge on any atom is 0.0393 e. The Labute approximate surface area is 112 Å². The van der Waals surface area contributed by atoms with Crippen LogP contribution in [0.1, 0.15) is 17.5 Å². The molecule has 0 aromatic heterocycles. The number of hydrogen-bond donors (Lipinski definition) is 1. The number of nitrogens with zero attached hydrogens (tertiary/aromatic N) is 2. The number of rotatable bonds is 7. The minimum atomic E-state index is 0.720. The first-order chi connectivity index (χ1) is 8.54. The second-order valence-corrected chi connectivity index (χ2v) is 5.24. The quantitative estimate of drug-likeness (QED) is 0.801. The molecular formula is C15H27N3. The molecule has 0 radical (unpaired) electrons. The van der Waals surface area contributed by atoms with Gasteiger partial charge < -0.3 is 15.5 Å². The van der Waals surface area contributed by atoms with Gasteiger partial charge in [-0.05, 0) is 64.1 Å². The highest BCUT2D eigenvalue weighted by atomic mass is 15.1. The lowest BCUT2D eigenvalue weighted by Crippen LogP contribution is -2.23. The lowest BCUT2D eigenvalue weighted by molar-refractivity contribution is 0.401. The number of anilines is 1. The van der Waals surface area contributed by atoms with E-state index in [2.05, 4.69) is 56.1 Å². The molecule has 0 unspecified atom stereocenters. The van der Waals surface area contributed by atoms with Gasteiger partial charge in [-0.2, -0.15) is 0 Å². The second-order valence-electron chi connectivity index (χ2n) is 5.24. The van der Waals surface area contributed by atoms with Crippen molar-refractivity contribution in [3.8, 4) is 0 Å². The third kappa shape index (κ3) is 4.67. The van der Waals surface area contributed by atoms with E-state index in [9.17, 15) is 0 Å². The Kier molecular flexibility index (Phi) is 6.16. The molecule has 3 heteroatoms. The minimum Gasteiger partial charge on any atom is -0.374 e.